The van der Waals surface area contributed by atoms with Gasteiger partial charge in [-0.3, -0.25) is 9.69 Å². The molecule has 128 valence electrons. The Hall–Kier alpha value is -1.63. The largest absolute Gasteiger partial charge is 0.497 e. The zero-order chi connectivity index (χ0) is 16.5. The molecule has 1 fully saturated rings. The molecule has 6 nitrogen and oxygen atoms in total. The number of carbonyl (C=O) groups is 1. The molecule has 1 saturated heterocycles. The third-order valence-corrected chi connectivity index (χ3v) is 3.94. The highest BCUT2D eigenvalue weighted by molar-refractivity contribution is 5.80. The van der Waals surface area contributed by atoms with E-state index in [0.717, 1.165) is 44.0 Å². The average molecular weight is 321 g/mol. The van der Waals surface area contributed by atoms with E-state index in [0.29, 0.717) is 13.2 Å². The monoisotopic (exact) mass is 321 g/mol. The zero-order valence-electron chi connectivity index (χ0n) is 14.0. The third kappa shape index (κ3) is 6.17. The van der Waals surface area contributed by atoms with Crippen molar-refractivity contribution >= 4 is 5.91 Å². The van der Waals surface area contributed by atoms with Gasteiger partial charge in [-0.05, 0) is 24.6 Å². The van der Waals surface area contributed by atoms with E-state index in [9.17, 15) is 4.79 Å². The van der Waals surface area contributed by atoms with Gasteiger partial charge in [-0.1, -0.05) is 12.1 Å². The number of piperazine rings is 1. The predicted molar refractivity (Wildman–Crippen MR) is 89.6 cm³/mol. The van der Waals surface area contributed by atoms with Gasteiger partial charge < -0.3 is 20.1 Å². The minimum Gasteiger partial charge on any atom is -0.497 e. The summed E-state index contributed by atoms with van der Waals surface area (Å²) in [5, 5.41) is 6.25. The van der Waals surface area contributed by atoms with Gasteiger partial charge in [0.1, 0.15) is 11.9 Å². The lowest BCUT2D eigenvalue weighted by molar-refractivity contribution is -0.132. The van der Waals surface area contributed by atoms with Gasteiger partial charge >= 0.3 is 0 Å². The van der Waals surface area contributed by atoms with E-state index in [2.05, 4.69) is 15.5 Å². The van der Waals surface area contributed by atoms with Crippen LogP contribution in [0.2, 0.25) is 0 Å². The Morgan fingerprint density at radius 1 is 1.39 bits per heavy atom. The van der Waals surface area contributed by atoms with Crippen LogP contribution in [0.5, 0.6) is 5.75 Å². The van der Waals surface area contributed by atoms with E-state index in [4.69, 9.17) is 9.47 Å². The number of hydrogen-bond donors (Lipinski definition) is 2. The molecule has 0 radical (unpaired) electrons. The number of amides is 1. The van der Waals surface area contributed by atoms with Crippen molar-refractivity contribution in [2.75, 3.05) is 46.4 Å². The SMILES string of the molecule is COc1cccc(COC(C)C(=O)NCCN2CCNCC2)c1. The van der Waals surface area contributed by atoms with Gasteiger partial charge in [-0.25, -0.2) is 0 Å². The predicted octanol–water partition coefficient (Wildman–Crippen LogP) is 0.622. The van der Waals surface area contributed by atoms with Crippen molar-refractivity contribution in [3.63, 3.8) is 0 Å². The van der Waals surface area contributed by atoms with E-state index < -0.39 is 6.10 Å². The highest BCUT2D eigenvalue weighted by Crippen LogP contribution is 2.13. The molecule has 0 aromatic heterocycles. The fourth-order valence-electron chi connectivity index (χ4n) is 2.47. The molecule has 1 aromatic carbocycles. The molecular formula is C17H27N3O3. The maximum Gasteiger partial charge on any atom is 0.248 e. The Labute approximate surface area is 138 Å². The molecule has 0 spiro atoms. The van der Waals surface area contributed by atoms with Crippen LogP contribution in [0.4, 0.5) is 0 Å². The summed E-state index contributed by atoms with van der Waals surface area (Å²) >= 11 is 0. The number of carbonyl (C=O) groups excluding carboxylic acids is 1. The summed E-state index contributed by atoms with van der Waals surface area (Å²) in [7, 11) is 1.63. The lowest BCUT2D eigenvalue weighted by atomic mass is 10.2. The number of methoxy groups -OCH3 is 1. The van der Waals surface area contributed by atoms with E-state index in [1.54, 1.807) is 14.0 Å². The smallest absolute Gasteiger partial charge is 0.248 e. The molecule has 1 aromatic rings. The first kappa shape index (κ1) is 17.7. The number of hydrogen-bond acceptors (Lipinski definition) is 5. The topological polar surface area (TPSA) is 62.8 Å². The summed E-state index contributed by atoms with van der Waals surface area (Å²) in [4.78, 5) is 14.4. The summed E-state index contributed by atoms with van der Waals surface area (Å²) in [6, 6.07) is 7.66. The molecule has 23 heavy (non-hydrogen) atoms. The van der Waals surface area contributed by atoms with Gasteiger partial charge in [0.25, 0.3) is 0 Å². The Morgan fingerprint density at radius 3 is 2.91 bits per heavy atom. The van der Waals surface area contributed by atoms with Crippen LogP contribution in [-0.4, -0.2) is 63.3 Å². The first-order valence-electron chi connectivity index (χ1n) is 8.14. The molecule has 1 aliphatic rings. The summed E-state index contributed by atoms with van der Waals surface area (Å²) in [5.41, 5.74) is 0.991. The molecule has 0 bridgehead atoms. The number of benzene rings is 1. The summed E-state index contributed by atoms with van der Waals surface area (Å²) in [6.45, 7) is 7.84. The molecule has 6 heteroatoms. The number of nitrogens with one attached hydrogen (secondary N) is 2. The Morgan fingerprint density at radius 2 is 2.17 bits per heavy atom. The number of ether oxygens (including phenoxy) is 2. The van der Waals surface area contributed by atoms with Gasteiger partial charge in [0, 0.05) is 39.3 Å². The lowest BCUT2D eigenvalue weighted by Crippen LogP contribution is -2.47. The molecule has 0 aliphatic carbocycles. The fourth-order valence-corrected chi connectivity index (χ4v) is 2.47. The highest BCUT2D eigenvalue weighted by atomic mass is 16.5. The van der Waals surface area contributed by atoms with Crippen LogP contribution >= 0.6 is 0 Å². The molecule has 1 amide bonds. The van der Waals surface area contributed by atoms with Gasteiger partial charge in [-0.15, -0.1) is 0 Å². The normalized spacial score (nSPS) is 16.8. The van der Waals surface area contributed by atoms with Crippen LogP contribution in [-0.2, 0) is 16.1 Å². The van der Waals surface area contributed by atoms with Crippen LogP contribution in [0.1, 0.15) is 12.5 Å². The minimum atomic E-state index is -0.468. The molecule has 1 unspecified atom stereocenters. The molecular weight excluding hydrogens is 294 g/mol. The van der Waals surface area contributed by atoms with E-state index in [-0.39, 0.29) is 5.91 Å². The van der Waals surface area contributed by atoms with Crippen LogP contribution in [0, 0.1) is 0 Å². The summed E-state index contributed by atoms with van der Waals surface area (Å²) in [5.74, 6) is 0.724. The quantitative estimate of drug-likeness (QED) is 0.735. The second kappa shape index (κ2) is 9.50. The lowest BCUT2D eigenvalue weighted by Gasteiger charge is -2.27. The molecule has 1 aliphatic heterocycles. The molecule has 1 atom stereocenters. The number of nitrogens with zero attached hydrogens (tertiary/aromatic N) is 1. The van der Waals surface area contributed by atoms with E-state index in [1.807, 2.05) is 24.3 Å². The van der Waals surface area contributed by atoms with Crippen molar-refractivity contribution in [1.82, 2.24) is 15.5 Å². The van der Waals surface area contributed by atoms with Gasteiger partial charge in [0.05, 0.1) is 13.7 Å². The summed E-state index contributed by atoms with van der Waals surface area (Å²) in [6.07, 6.45) is -0.468. The van der Waals surface area contributed by atoms with Crippen molar-refractivity contribution in [3.05, 3.63) is 29.8 Å². The van der Waals surface area contributed by atoms with Gasteiger partial charge in [0.15, 0.2) is 0 Å². The van der Waals surface area contributed by atoms with Crippen molar-refractivity contribution in [2.24, 2.45) is 0 Å². The Bertz CT molecular complexity index is 490. The molecule has 0 saturated carbocycles. The van der Waals surface area contributed by atoms with E-state index >= 15 is 0 Å². The van der Waals surface area contributed by atoms with Crippen molar-refractivity contribution < 1.29 is 14.3 Å². The first-order valence-corrected chi connectivity index (χ1v) is 8.14. The molecule has 2 N–H and O–H groups in total. The highest BCUT2D eigenvalue weighted by Gasteiger charge is 2.14. The maximum absolute atomic E-state index is 12.0. The average Bonchev–Trinajstić information content (AvgIpc) is 2.60. The number of rotatable bonds is 8. The zero-order valence-corrected chi connectivity index (χ0v) is 14.0. The fraction of sp³-hybridized carbons (Fsp3) is 0.588. The van der Waals surface area contributed by atoms with Gasteiger partial charge in [0.2, 0.25) is 5.91 Å². The molecule has 1 heterocycles. The van der Waals surface area contributed by atoms with Crippen molar-refractivity contribution in [2.45, 2.75) is 19.6 Å². The van der Waals surface area contributed by atoms with Crippen molar-refractivity contribution in [3.8, 4) is 5.75 Å². The first-order chi connectivity index (χ1) is 11.2. The van der Waals surface area contributed by atoms with Crippen LogP contribution in [0.3, 0.4) is 0 Å². The Balaban J connectivity index is 1.65. The van der Waals surface area contributed by atoms with Crippen LogP contribution < -0.4 is 15.4 Å². The van der Waals surface area contributed by atoms with Gasteiger partial charge in [-0.2, -0.15) is 0 Å². The third-order valence-electron chi connectivity index (χ3n) is 3.94. The maximum atomic E-state index is 12.0. The van der Waals surface area contributed by atoms with Crippen molar-refractivity contribution in [1.29, 1.82) is 0 Å². The minimum absolute atomic E-state index is 0.0666. The Kier molecular flexibility index (Phi) is 7.32. The second-order valence-corrected chi connectivity index (χ2v) is 5.69. The second-order valence-electron chi connectivity index (χ2n) is 5.69. The summed E-state index contributed by atoms with van der Waals surface area (Å²) < 4.78 is 10.8. The van der Waals surface area contributed by atoms with Crippen LogP contribution in [0.25, 0.3) is 0 Å². The molecule has 2 rings (SSSR count). The van der Waals surface area contributed by atoms with E-state index in [1.165, 1.54) is 0 Å². The van der Waals surface area contributed by atoms with Crippen LogP contribution in [0.15, 0.2) is 24.3 Å². The standard InChI is InChI=1S/C17H27N3O3/c1-14(23-13-15-4-3-5-16(12-15)22-2)17(21)19-8-11-20-9-6-18-7-10-20/h3-5,12,14,18H,6-11,13H2,1-2H3,(H,19,21).